The van der Waals surface area contributed by atoms with Crippen molar-refractivity contribution in [3.8, 4) is 11.5 Å². The third-order valence-corrected chi connectivity index (χ3v) is 5.05. The van der Waals surface area contributed by atoms with E-state index in [1.807, 2.05) is 24.3 Å². The number of carbonyl (C=O) groups excluding carboxylic acids is 1. The predicted octanol–water partition coefficient (Wildman–Crippen LogP) is 2.24. The van der Waals surface area contributed by atoms with E-state index in [1.54, 1.807) is 22.9 Å². The summed E-state index contributed by atoms with van der Waals surface area (Å²) >= 11 is 2.94. The van der Waals surface area contributed by atoms with Crippen LogP contribution in [0.2, 0.25) is 0 Å². The molecule has 128 valence electrons. The molecule has 3 rings (SSSR count). The first-order valence-corrected chi connectivity index (χ1v) is 8.72. The summed E-state index contributed by atoms with van der Waals surface area (Å²) in [5.74, 6) is -0.290. The predicted molar refractivity (Wildman–Crippen MR) is 99.6 cm³/mol. The second-order valence-corrected chi connectivity index (χ2v) is 6.58. The molecule has 1 aliphatic rings. The van der Waals surface area contributed by atoms with Gasteiger partial charge in [-0.3, -0.25) is 0 Å². The molecule has 0 bridgehead atoms. The van der Waals surface area contributed by atoms with Gasteiger partial charge in [-0.2, -0.15) is 0 Å². The first-order valence-electron chi connectivity index (χ1n) is 7.86. The first-order chi connectivity index (χ1) is 11.9. The van der Waals surface area contributed by atoms with Crippen LogP contribution in [0.4, 0.5) is 5.69 Å². The van der Waals surface area contributed by atoms with Gasteiger partial charge in [0.2, 0.25) is 0 Å². The van der Waals surface area contributed by atoms with Gasteiger partial charge in [-0.05, 0) is 0 Å². The standard InChI is InChI=1S/C19H18N2O3Se/c1-3-12-4-6-14(7-5-12)21-18(24)17(20(2)19(21)25)10-13-8-15(22)11-16(23)9-13/h4-11,22-23H,3H2,1-2H3. The van der Waals surface area contributed by atoms with E-state index in [1.165, 1.54) is 23.8 Å². The van der Waals surface area contributed by atoms with E-state index in [0.717, 1.165) is 12.1 Å². The molecule has 0 radical (unpaired) electrons. The number of hydrogen-bond donors (Lipinski definition) is 2. The zero-order valence-corrected chi connectivity index (χ0v) is 15.6. The Kier molecular flexibility index (Phi) is 4.66. The van der Waals surface area contributed by atoms with Crippen molar-refractivity contribution in [3.05, 3.63) is 59.3 Å². The van der Waals surface area contributed by atoms with Crippen molar-refractivity contribution < 1.29 is 15.0 Å². The van der Waals surface area contributed by atoms with Crippen LogP contribution in [0.25, 0.3) is 6.08 Å². The van der Waals surface area contributed by atoms with Gasteiger partial charge in [0, 0.05) is 0 Å². The minimum absolute atomic E-state index is 0.0563. The van der Waals surface area contributed by atoms with Crippen LogP contribution >= 0.6 is 0 Å². The quantitative estimate of drug-likeness (QED) is 0.612. The van der Waals surface area contributed by atoms with Crippen LogP contribution < -0.4 is 4.90 Å². The third kappa shape index (κ3) is 3.31. The Morgan fingerprint density at radius 2 is 1.68 bits per heavy atom. The summed E-state index contributed by atoms with van der Waals surface area (Å²) in [6, 6.07) is 12.1. The van der Waals surface area contributed by atoms with E-state index in [2.05, 4.69) is 22.5 Å². The van der Waals surface area contributed by atoms with Crippen molar-refractivity contribution in [2.75, 3.05) is 11.9 Å². The van der Waals surface area contributed by atoms with Gasteiger partial charge in [-0.1, -0.05) is 0 Å². The summed E-state index contributed by atoms with van der Waals surface area (Å²) in [6.07, 6.45) is 2.58. The van der Waals surface area contributed by atoms with Gasteiger partial charge in [-0.15, -0.1) is 0 Å². The maximum absolute atomic E-state index is 12.9. The average molecular weight is 401 g/mol. The molecule has 0 saturated carbocycles. The molecule has 1 saturated heterocycles. The molecular formula is C19H18N2O3Se. The number of aryl methyl sites for hydroxylation is 1. The van der Waals surface area contributed by atoms with Crippen molar-refractivity contribution >= 4 is 37.9 Å². The van der Waals surface area contributed by atoms with Crippen LogP contribution in [-0.4, -0.2) is 48.3 Å². The van der Waals surface area contributed by atoms with E-state index in [0.29, 0.717) is 15.9 Å². The van der Waals surface area contributed by atoms with Crippen molar-refractivity contribution in [2.45, 2.75) is 13.3 Å². The number of rotatable bonds is 3. The SMILES string of the molecule is CCc1ccc(N2C(=O)C(=Cc3cc(O)cc(O)c3)N(C)C2=[Se])cc1. The fraction of sp³-hybridized carbons (Fsp3) is 0.158. The van der Waals surface area contributed by atoms with Gasteiger partial charge in [0.1, 0.15) is 0 Å². The van der Waals surface area contributed by atoms with E-state index in [9.17, 15) is 15.0 Å². The van der Waals surface area contributed by atoms with Crippen LogP contribution in [0.1, 0.15) is 18.1 Å². The van der Waals surface area contributed by atoms with E-state index < -0.39 is 0 Å². The van der Waals surface area contributed by atoms with Gasteiger partial charge in [0.05, 0.1) is 0 Å². The van der Waals surface area contributed by atoms with E-state index >= 15 is 0 Å². The minimum atomic E-state index is -0.177. The van der Waals surface area contributed by atoms with Crippen molar-refractivity contribution in [2.24, 2.45) is 0 Å². The summed E-state index contributed by atoms with van der Waals surface area (Å²) in [7, 11) is 1.79. The molecule has 1 heterocycles. The third-order valence-electron chi connectivity index (χ3n) is 4.09. The molecule has 0 atom stereocenters. The number of nitrogens with zero attached hydrogens (tertiary/aromatic N) is 2. The molecule has 5 nitrogen and oxygen atoms in total. The second kappa shape index (κ2) is 6.75. The molecule has 0 spiro atoms. The van der Waals surface area contributed by atoms with Gasteiger partial charge in [-0.25, -0.2) is 0 Å². The number of benzene rings is 2. The number of phenols is 2. The number of carbonyl (C=O) groups is 1. The molecule has 1 aliphatic heterocycles. The first kappa shape index (κ1) is 17.3. The summed E-state index contributed by atoms with van der Waals surface area (Å²) in [4.78, 5) is 16.3. The molecule has 2 N–H and O–H groups in total. The Labute approximate surface area is 154 Å². The summed E-state index contributed by atoms with van der Waals surface area (Å²) in [6.45, 7) is 2.08. The Hall–Kier alpha value is -2.56. The molecule has 2 aromatic rings. The summed E-state index contributed by atoms with van der Waals surface area (Å²) in [5.41, 5.74) is 2.98. The molecular weight excluding hydrogens is 383 g/mol. The fourth-order valence-electron chi connectivity index (χ4n) is 2.72. The van der Waals surface area contributed by atoms with Crippen LogP contribution in [0.3, 0.4) is 0 Å². The number of amides is 1. The molecule has 1 fully saturated rings. The van der Waals surface area contributed by atoms with Gasteiger partial charge in [0.25, 0.3) is 0 Å². The number of hydrogen-bond acceptors (Lipinski definition) is 4. The maximum atomic E-state index is 12.9. The van der Waals surface area contributed by atoms with Gasteiger partial charge < -0.3 is 0 Å². The monoisotopic (exact) mass is 402 g/mol. The number of aromatic hydroxyl groups is 2. The Balaban J connectivity index is 1.98. The van der Waals surface area contributed by atoms with Crippen LogP contribution in [-0.2, 0) is 11.2 Å². The van der Waals surface area contributed by atoms with Crippen molar-refractivity contribution in [1.82, 2.24) is 4.90 Å². The van der Waals surface area contributed by atoms with Gasteiger partial charge in [0.15, 0.2) is 0 Å². The van der Waals surface area contributed by atoms with E-state index in [4.69, 9.17) is 0 Å². The van der Waals surface area contributed by atoms with Crippen LogP contribution in [0, 0.1) is 0 Å². The Morgan fingerprint density at radius 3 is 2.24 bits per heavy atom. The summed E-state index contributed by atoms with van der Waals surface area (Å²) in [5, 5.41) is 19.2. The molecule has 2 aromatic carbocycles. The van der Waals surface area contributed by atoms with Crippen molar-refractivity contribution in [3.63, 3.8) is 0 Å². The second-order valence-electron chi connectivity index (χ2n) is 5.81. The average Bonchev–Trinajstić information content (AvgIpc) is 2.78. The molecule has 0 unspecified atom stereocenters. The normalized spacial score (nSPS) is 16.2. The van der Waals surface area contributed by atoms with E-state index in [-0.39, 0.29) is 17.4 Å². The zero-order chi connectivity index (χ0) is 18.1. The van der Waals surface area contributed by atoms with Crippen LogP contribution in [0.5, 0.6) is 11.5 Å². The molecule has 1 amide bonds. The number of anilines is 1. The number of likely N-dealkylation sites (N-methyl/N-ethyl adjacent to an activating group) is 1. The summed E-state index contributed by atoms with van der Waals surface area (Å²) < 4.78 is 0.671. The molecule has 6 heteroatoms. The van der Waals surface area contributed by atoms with Gasteiger partial charge >= 0.3 is 154 Å². The topological polar surface area (TPSA) is 64.0 Å². The Morgan fingerprint density at radius 1 is 1.08 bits per heavy atom. The van der Waals surface area contributed by atoms with Crippen LogP contribution in [0.15, 0.2) is 48.2 Å². The molecule has 0 aromatic heterocycles. The number of phenolic OH excluding ortho intramolecular Hbond substituents is 2. The molecule has 0 aliphatic carbocycles. The molecule has 25 heavy (non-hydrogen) atoms. The van der Waals surface area contributed by atoms with Crippen molar-refractivity contribution in [1.29, 1.82) is 0 Å². The fourth-order valence-corrected chi connectivity index (χ4v) is 3.33. The Bertz CT molecular complexity index is 854. The zero-order valence-electron chi connectivity index (χ0n) is 13.9.